The third-order valence-corrected chi connectivity index (χ3v) is 2.13. The smallest absolute Gasteiger partial charge is 0.545 e. The van der Waals surface area contributed by atoms with Gasteiger partial charge in [0.25, 0.3) is 10.1 Å². The maximum absolute atomic E-state index is 10.8. The fraction of sp³-hybridized carbons (Fsp3) is 0.500. The van der Waals surface area contributed by atoms with Gasteiger partial charge in [-0.05, 0) is 19.4 Å². The molecule has 0 aliphatic rings. The molecule has 0 aliphatic carbocycles. The Morgan fingerprint density at radius 1 is 1.54 bits per heavy atom. The molecule has 0 unspecified atom stereocenters. The maximum atomic E-state index is 10.8. The molecule has 0 bridgehead atoms. The maximum Gasteiger partial charge on any atom is 1.00 e. The van der Waals surface area contributed by atoms with E-state index >= 15 is 0 Å². The molecule has 0 saturated carbocycles. The molecule has 0 fully saturated rings. The van der Waals surface area contributed by atoms with Crippen LogP contribution in [-0.4, -0.2) is 21.0 Å². The number of aliphatic carboxylic acids is 1. The van der Waals surface area contributed by atoms with Gasteiger partial charge in [-0.3, -0.25) is 4.18 Å². The van der Waals surface area contributed by atoms with Gasteiger partial charge in [-0.2, -0.15) is 8.42 Å². The van der Waals surface area contributed by atoms with E-state index < -0.39 is 16.1 Å². The van der Waals surface area contributed by atoms with Gasteiger partial charge in [0.2, 0.25) is 0 Å². The molecular weight excluding hydrogens is 223 g/mol. The van der Waals surface area contributed by atoms with Gasteiger partial charge in [-0.1, -0.05) is 0 Å². The van der Waals surface area contributed by atoms with Gasteiger partial charge in [-0.25, -0.2) is 0 Å². The van der Waals surface area contributed by atoms with E-state index in [4.69, 9.17) is 0 Å². The fourth-order valence-corrected chi connectivity index (χ4v) is 1.39. The molecule has 0 amide bonds. The van der Waals surface area contributed by atoms with Crippen LogP contribution in [0.1, 0.15) is 13.8 Å². The average molecular weight is 232 g/mol. The first-order valence-electron chi connectivity index (χ1n) is 3.18. The second kappa shape index (κ2) is 7.10. The summed E-state index contributed by atoms with van der Waals surface area (Å²) < 4.78 is 25.8. The Morgan fingerprint density at radius 3 is 2.31 bits per heavy atom. The second-order valence-corrected chi connectivity index (χ2v) is 3.44. The molecule has 13 heavy (non-hydrogen) atoms. The van der Waals surface area contributed by atoms with Crippen molar-refractivity contribution in [3.63, 3.8) is 0 Å². The van der Waals surface area contributed by atoms with Crippen molar-refractivity contribution in [2.45, 2.75) is 13.8 Å². The van der Waals surface area contributed by atoms with E-state index in [1.165, 1.54) is 6.92 Å². The van der Waals surface area contributed by atoms with Crippen LogP contribution in [0.5, 0.6) is 0 Å². The number of carbonyl (C=O) groups is 1. The van der Waals surface area contributed by atoms with E-state index in [9.17, 15) is 18.3 Å². The first kappa shape index (κ1) is 16.2. The minimum atomic E-state index is -3.86. The third kappa shape index (κ3) is 7.80. The van der Waals surface area contributed by atoms with Crippen LogP contribution in [0.2, 0.25) is 0 Å². The molecule has 7 heteroatoms. The molecule has 0 atom stereocenters. The SMILES string of the molecule is CCOS(=O)(=O)C=C(C)C(=O)[O-].[K+]. The fourth-order valence-electron chi connectivity index (χ4n) is 0.463. The van der Waals surface area contributed by atoms with Crippen LogP contribution in [0.3, 0.4) is 0 Å². The van der Waals surface area contributed by atoms with E-state index in [1.54, 1.807) is 0 Å². The van der Waals surface area contributed by atoms with E-state index in [1.807, 2.05) is 0 Å². The normalized spacial score (nSPS) is 12.0. The van der Waals surface area contributed by atoms with Gasteiger partial charge in [0, 0.05) is 0 Å². The second-order valence-electron chi connectivity index (χ2n) is 1.99. The molecule has 5 nitrogen and oxygen atoms in total. The Balaban J connectivity index is 0. The monoisotopic (exact) mass is 232 g/mol. The molecule has 0 N–H and O–H groups in total. The van der Waals surface area contributed by atoms with E-state index in [0.717, 1.165) is 6.92 Å². The predicted molar refractivity (Wildman–Crippen MR) is 39.3 cm³/mol. The molecule has 0 rings (SSSR count). The Kier molecular flexibility index (Phi) is 8.85. The summed E-state index contributed by atoms with van der Waals surface area (Å²) in [6.45, 7) is 2.57. The van der Waals surface area contributed by atoms with Crippen LogP contribution in [0.15, 0.2) is 11.0 Å². The van der Waals surface area contributed by atoms with Crippen LogP contribution in [0, 0.1) is 0 Å². The van der Waals surface area contributed by atoms with Crippen LogP contribution < -0.4 is 56.5 Å². The molecular formula is C6H9KO5S. The first-order chi connectivity index (χ1) is 5.39. The molecule has 0 aromatic carbocycles. The molecule has 0 heterocycles. The topological polar surface area (TPSA) is 83.5 Å². The minimum Gasteiger partial charge on any atom is -0.545 e. The van der Waals surface area contributed by atoms with Crippen molar-refractivity contribution in [3.05, 3.63) is 11.0 Å². The quantitative estimate of drug-likeness (QED) is 0.280. The Hall–Kier alpha value is 0.756. The molecule has 0 spiro atoms. The van der Waals surface area contributed by atoms with E-state index in [2.05, 4.69) is 4.18 Å². The standard InChI is InChI=1S/C6H10O5S.K/c1-3-11-12(9,10)4-5(2)6(7)8;/h4H,3H2,1-2H3,(H,7,8);/q;+1/p-1. The van der Waals surface area contributed by atoms with Gasteiger partial charge in [-0.15, -0.1) is 0 Å². The zero-order valence-electron chi connectivity index (χ0n) is 7.73. The number of hydrogen-bond donors (Lipinski definition) is 0. The zero-order chi connectivity index (χ0) is 9.78. The van der Waals surface area contributed by atoms with Gasteiger partial charge in [0.15, 0.2) is 0 Å². The van der Waals surface area contributed by atoms with Crippen LogP contribution >= 0.6 is 0 Å². The molecule has 0 saturated heterocycles. The van der Waals surface area contributed by atoms with Crippen LogP contribution in [0.4, 0.5) is 0 Å². The largest absolute Gasteiger partial charge is 1.00 e. The average Bonchev–Trinajstić information content (AvgIpc) is 1.85. The number of carboxylic acids is 1. The van der Waals surface area contributed by atoms with Gasteiger partial charge < -0.3 is 9.90 Å². The summed E-state index contributed by atoms with van der Waals surface area (Å²) in [4.78, 5) is 10.1. The zero-order valence-corrected chi connectivity index (χ0v) is 11.7. The predicted octanol–water partition coefficient (Wildman–Crippen LogP) is -3.99. The van der Waals surface area contributed by atoms with Crippen molar-refractivity contribution in [2.75, 3.05) is 6.61 Å². The summed E-state index contributed by atoms with van der Waals surface area (Å²) in [7, 11) is -3.86. The van der Waals surface area contributed by atoms with Crippen molar-refractivity contribution in [2.24, 2.45) is 0 Å². The van der Waals surface area contributed by atoms with Crippen molar-refractivity contribution in [1.29, 1.82) is 0 Å². The van der Waals surface area contributed by atoms with Crippen LogP contribution in [-0.2, 0) is 19.1 Å². The number of carbonyl (C=O) groups excluding carboxylic acids is 1. The number of carboxylic acid groups (broad SMARTS) is 1. The minimum absolute atomic E-state index is 0. The Labute approximate surface area is 120 Å². The summed E-state index contributed by atoms with van der Waals surface area (Å²) in [5.74, 6) is -1.53. The first-order valence-corrected chi connectivity index (χ1v) is 4.65. The summed E-state index contributed by atoms with van der Waals surface area (Å²) in [6.07, 6.45) is 0. The summed E-state index contributed by atoms with van der Waals surface area (Å²) in [5, 5.41) is 10.6. The molecule has 0 aromatic rings. The number of rotatable bonds is 4. The molecule has 0 aromatic heterocycles. The third-order valence-electron chi connectivity index (χ3n) is 0.925. The summed E-state index contributed by atoms with van der Waals surface area (Å²) in [6, 6.07) is 0. The molecule has 70 valence electrons. The Morgan fingerprint density at radius 2 is 2.00 bits per heavy atom. The molecule has 0 aliphatic heterocycles. The van der Waals surface area contributed by atoms with Gasteiger partial charge >= 0.3 is 51.4 Å². The van der Waals surface area contributed by atoms with Crippen molar-refractivity contribution < 1.29 is 73.9 Å². The Bertz CT molecular complexity index is 292. The van der Waals surface area contributed by atoms with Crippen molar-refractivity contribution in [3.8, 4) is 0 Å². The van der Waals surface area contributed by atoms with Crippen molar-refractivity contribution in [1.82, 2.24) is 0 Å². The van der Waals surface area contributed by atoms with Gasteiger partial charge in [0.05, 0.1) is 18.0 Å². The summed E-state index contributed by atoms with van der Waals surface area (Å²) in [5.41, 5.74) is -0.386. The van der Waals surface area contributed by atoms with Crippen molar-refractivity contribution >= 4 is 16.1 Å². The molecule has 0 radical (unpaired) electrons. The van der Waals surface area contributed by atoms with E-state index in [0.29, 0.717) is 5.41 Å². The van der Waals surface area contributed by atoms with E-state index in [-0.39, 0.29) is 63.6 Å². The van der Waals surface area contributed by atoms with Gasteiger partial charge in [0.1, 0.15) is 0 Å². The summed E-state index contributed by atoms with van der Waals surface area (Å²) >= 11 is 0. The van der Waals surface area contributed by atoms with Crippen LogP contribution in [0.25, 0.3) is 0 Å². The number of hydrogen-bond acceptors (Lipinski definition) is 5.